The fourth-order valence-corrected chi connectivity index (χ4v) is 3.55. The van der Waals surface area contributed by atoms with Crippen molar-refractivity contribution in [2.45, 2.75) is 36.5 Å². The van der Waals surface area contributed by atoms with Gasteiger partial charge >= 0.3 is 0 Å². The van der Waals surface area contributed by atoms with Crippen molar-refractivity contribution in [3.63, 3.8) is 0 Å². The SMILES string of the molecule is CC[C@H](NC(=O)[C@H](C)Sc1ccc(Cl)cc1)c1ccc(OC)c(OC)c1. The molecule has 2 atom stereocenters. The molecule has 0 fully saturated rings. The second-order valence-corrected chi connectivity index (χ2v) is 7.65. The predicted molar refractivity (Wildman–Crippen MR) is 107 cm³/mol. The first-order valence-electron chi connectivity index (χ1n) is 8.43. The number of carbonyl (C=O) groups excluding carboxylic acids is 1. The van der Waals surface area contributed by atoms with Crippen LogP contribution in [0.1, 0.15) is 31.9 Å². The Labute approximate surface area is 164 Å². The van der Waals surface area contributed by atoms with Gasteiger partial charge in [-0.1, -0.05) is 24.6 Å². The topological polar surface area (TPSA) is 47.6 Å². The molecule has 0 heterocycles. The zero-order valence-corrected chi connectivity index (χ0v) is 17.0. The third-order valence-electron chi connectivity index (χ3n) is 4.03. The summed E-state index contributed by atoms with van der Waals surface area (Å²) in [5.74, 6) is 1.32. The number of carbonyl (C=O) groups is 1. The maximum atomic E-state index is 12.6. The minimum atomic E-state index is -0.217. The summed E-state index contributed by atoms with van der Waals surface area (Å²) < 4.78 is 10.6. The molecule has 0 aromatic heterocycles. The molecule has 1 amide bonds. The van der Waals surface area contributed by atoms with Gasteiger partial charge in [0.2, 0.25) is 5.91 Å². The van der Waals surface area contributed by atoms with Crippen LogP contribution in [0.5, 0.6) is 11.5 Å². The van der Waals surface area contributed by atoms with E-state index in [0.717, 1.165) is 16.9 Å². The lowest BCUT2D eigenvalue weighted by atomic mass is 10.0. The molecule has 0 saturated carbocycles. The summed E-state index contributed by atoms with van der Waals surface area (Å²) in [7, 11) is 3.21. The minimum Gasteiger partial charge on any atom is -0.493 e. The number of hydrogen-bond donors (Lipinski definition) is 1. The number of amides is 1. The Morgan fingerprint density at radius 1 is 1.12 bits per heavy atom. The van der Waals surface area contributed by atoms with Crippen molar-refractivity contribution in [2.24, 2.45) is 0 Å². The van der Waals surface area contributed by atoms with Gasteiger partial charge in [-0.2, -0.15) is 0 Å². The normalized spacial score (nSPS) is 13.0. The minimum absolute atomic E-state index is 0.00779. The van der Waals surface area contributed by atoms with Gasteiger partial charge in [0.15, 0.2) is 11.5 Å². The molecule has 140 valence electrons. The smallest absolute Gasteiger partial charge is 0.233 e. The van der Waals surface area contributed by atoms with Gasteiger partial charge in [0.1, 0.15) is 0 Å². The molecule has 2 aromatic carbocycles. The molecular formula is C20H24ClNO3S. The van der Waals surface area contributed by atoms with Crippen molar-refractivity contribution in [3.8, 4) is 11.5 Å². The predicted octanol–water partition coefficient (Wildman–Crippen LogP) is 5.11. The molecule has 1 N–H and O–H groups in total. The molecule has 2 rings (SSSR count). The Balaban J connectivity index is 2.06. The van der Waals surface area contributed by atoms with Crippen LogP contribution < -0.4 is 14.8 Å². The Morgan fingerprint density at radius 2 is 1.77 bits per heavy atom. The van der Waals surface area contributed by atoms with Gasteiger partial charge in [0.05, 0.1) is 25.5 Å². The van der Waals surface area contributed by atoms with Crippen molar-refractivity contribution in [2.75, 3.05) is 14.2 Å². The van der Waals surface area contributed by atoms with Crippen LogP contribution in [0, 0.1) is 0 Å². The molecule has 0 spiro atoms. The van der Waals surface area contributed by atoms with Crippen molar-refractivity contribution >= 4 is 29.3 Å². The number of nitrogens with one attached hydrogen (secondary N) is 1. The van der Waals surface area contributed by atoms with Crippen molar-refractivity contribution in [1.82, 2.24) is 5.32 Å². The van der Waals surface area contributed by atoms with Gasteiger partial charge in [-0.15, -0.1) is 11.8 Å². The van der Waals surface area contributed by atoms with E-state index in [0.29, 0.717) is 16.5 Å². The standard InChI is InChI=1S/C20H24ClNO3S/c1-5-17(14-6-11-18(24-3)19(12-14)25-4)22-20(23)13(2)26-16-9-7-15(21)8-10-16/h6-13,17H,5H2,1-4H3,(H,22,23)/t13-,17-/m0/s1. The molecule has 0 aliphatic rings. The fraction of sp³-hybridized carbons (Fsp3) is 0.350. The molecule has 0 unspecified atom stereocenters. The van der Waals surface area contributed by atoms with Crippen LogP contribution in [-0.2, 0) is 4.79 Å². The van der Waals surface area contributed by atoms with Crippen LogP contribution >= 0.6 is 23.4 Å². The largest absolute Gasteiger partial charge is 0.493 e. The summed E-state index contributed by atoms with van der Waals surface area (Å²) in [6.45, 7) is 3.94. The number of benzene rings is 2. The lowest BCUT2D eigenvalue weighted by Crippen LogP contribution is -2.34. The first-order chi connectivity index (χ1) is 12.5. The van der Waals surface area contributed by atoms with E-state index in [4.69, 9.17) is 21.1 Å². The zero-order valence-electron chi connectivity index (χ0n) is 15.4. The summed E-state index contributed by atoms with van der Waals surface area (Å²) >= 11 is 7.41. The van der Waals surface area contributed by atoms with Crippen LogP contribution in [0.4, 0.5) is 0 Å². The molecule has 0 bridgehead atoms. The van der Waals surface area contributed by atoms with E-state index < -0.39 is 0 Å². The quantitative estimate of drug-likeness (QED) is 0.633. The third-order valence-corrected chi connectivity index (χ3v) is 5.39. The highest BCUT2D eigenvalue weighted by Gasteiger charge is 2.20. The Morgan fingerprint density at radius 3 is 2.35 bits per heavy atom. The molecule has 26 heavy (non-hydrogen) atoms. The molecule has 2 aromatic rings. The Kier molecular flexibility index (Phi) is 7.66. The number of hydrogen-bond acceptors (Lipinski definition) is 4. The van der Waals surface area contributed by atoms with E-state index in [-0.39, 0.29) is 17.2 Å². The summed E-state index contributed by atoms with van der Waals surface area (Å²) in [4.78, 5) is 13.6. The fourth-order valence-electron chi connectivity index (χ4n) is 2.55. The second kappa shape index (κ2) is 9.74. The molecule has 4 nitrogen and oxygen atoms in total. The van der Waals surface area contributed by atoms with Crippen LogP contribution in [0.15, 0.2) is 47.4 Å². The van der Waals surface area contributed by atoms with E-state index in [9.17, 15) is 4.79 Å². The van der Waals surface area contributed by atoms with E-state index in [1.54, 1.807) is 14.2 Å². The molecule has 6 heteroatoms. The first-order valence-corrected chi connectivity index (χ1v) is 9.68. The monoisotopic (exact) mass is 393 g/mol. The van der Waals surface area contributed by atoms with Crippen molar-refractivity contribution in [3.05, 3.63) is 53.1 Å². The first kappa shape index (κ1) is 20.5. The summed E-state index contributed by atoms with van der Waals surface area (Å²) in [5, 5.41) is 3.59. The van der Waals surface area contributed by atoms with E-state index in [2.05, 4.69) is 5.32 Å². The molecule has 0 aliphatic carbocycles. The molecule has 0 aliphatic heterocycles. The summed E-state index contributed by atoms with van der Waals surface area (Å²) in [6.07, 6.45) is 0.777. The highest BCUT2D eigenvalue weighted by atomic mass is 35.5. The average Bonchev–Trinajstić information content (AvgIpc) is 2.67. The van der Waals surface area contributed by atoms with Gasteiger partial charge in [-0.05, 0) is 55.3 Å². The highest BCUT2D eigenvalue weighted by Crippen LogP contribution is 2.31. The number of thioether (sulfide) groups is 1. The van der Waals surface area contributed by atoms with E-state index in [1.165, 1.54) is 11.8 Å². The maximum Gasteiger partial charge on any atom is 0.233 e. The van der Waals surface area contributed by atoms with Gasteiger partial charge < -0.3 is 14.8 Å². The van der Waals surface area contributed by atoms with E-state index in [1.807, 2.05) is 56.3 Å². The molecule has 0 saturated heterocycles. The Bertz CT molecular complexity index is 736. The van der Waals surface area contributed by atoms with Crippen LogP contribution in [0.2, 0.25) is 5.02 Å². The van der Waals surface area contributed by atoms with Crippen molar-refractivity contribution in [1.29, 1.82) is 0 Å². The zero-order chi connectivity index (χ0) is 19.1. The van der Waals surface area contributed by atoms with Crippen LogP contribution in [-0.4, -0.2) is 25.4 Å². The lowest BCUT2D eigenvalue weighted by Gasteiger charge is -2.21. The molecular weight excluding hydrogens is 370 g/mol. The third kappa shape index (κ3) is 5.32. The van der Waals surface area contributed by atoms with E-state index >= 15 is 0 Å². The second-order valence-electron chi connectivity index (χ2n) is 5.80. The number of ether oxygens (including phenoxy) is 2. The van der Waals surface area contributed by atoms with Crippen molar-refractivity contribution < 1.29 is 14.3 Å². The van der Waals surface area contributed by atoms with Gasteiger partial charge in [0, 0.05) is 9.92 Å². The van der Waals surface area contributed by atoms with Crippen LogP contribution in [0.25, 0.3) is 0 Å². The summed E-state index contributed by atoms with van der Waals surface area (Å²) in [5.41, 5.74) is 0.988. The summed E-state index contributed by atoms with van der Waals surface area (Å²) in [6, 6.07) is 13.1. The van der Waals surface area contributed by atoms with Crippen LogP contribution in [0.3, 0.4) is 0 Å². The lowest BCUT2D eigenvalue weighted by molar-refractivity contribution is -0.121. The maximum absolute atomic E-state index is 12.6. The number of halogens is 1. The molecule has 0 radical (unpaired) electrons. The average molecular weight is 394 g/mol. The number of rotatable bonds is 8. The van der Waals surface area contributed by atoms with Gasteiger partial charge in [0.25, 0.3) is 0 Å². The van der Waals surface area contributed by atoms with Gasteiger partial charge in [-0.25, -0.2) is 0 Å². The highest BCUT2D eigenvalue weighted by molar-refractivity contribution is 8.00. The number of methoxy groups -OCH3 is 2. The van der Waals surface area contributed by atoms with Gasteiger partial charge in [-0.3, -0.25) is 4.79 Å². The Hall–Kier alpha value is -1.85.